The second-order valence-corrected chi connectivity index (χ2v) is 4.12. The van der Waals surface area contributed by atoms with E-state index >= 15 is 0 Å². The van der Waals surface area contributed by atoms with Crippen LogP contribution in [0.2, 0.25) is 0 Å². The highest BCUT2D eigenvalue weighted by atomic mass is 19.1. The van der Waals surface area contributed by atoms with Crippen molar-refractivity contribution in [2.75, 3.05) is 11.9 Å². The molecule has 4 nitrogen and oxygen atoms in total. The Morgan fingerprint density at radius 1 is 1.32 bits per heavy atom. The van der Waals surface area contributed by atoms with E-state index in [9.17, 15) is 4.39 Å². The molecule has 0 aliphatic heterocycles. The summed E-state index contributed by atoms with van der Waals surface area (Å²) in [5.74, 6) is 0.254. The highest BCUT2D eigenvalue weighted by molar-refractivity contribution is 5.44. The summed E-state index contributed by atoms with van der Waals surface area (Å²) >= 11 is 0. The van der Waals surface area contributed by atoms with Gasteiger partial charge in [-0.25, -0.2) is 9.37 Å². The van der Waals surface area contributed by atoms with Crippen molar-refractivity contribution < 1.29 is 9.13 Å². The average Bonchev–Trinajstić information content (AvgIpc) is 2.41. The molecule has 1 N–H and O–H groups in total. The van der Waals surface area contributed by atoms with Gasteiger partial charge in [0.1, 0.15) is 5.82 Å². The lowest BCUT2D eigenvalue weighted by Crippen LogP contribution is -2.07. The van der Waals surface area contributed by atoms with Gasteiger partial charge in [0, 0.05) is 12.3 Å². The monoisotopic (exact) mass is 261 g/mol. The van der Waals surface area contributed by atoms with E-state index in [1.807, 2.05) is 19.9 Å². The predicted molar refractivity (Wildman–Crippen MR) is 71.6 cm³/mol. The van der Waals surface area contributed by atoms with E-state index in [0.29, 0.717) is 12.5 Å². The Labute approximate surface area is 111 Å². The molecule has 5 heteroatoms. The molecule has 0 amide bonds. The van der Waals surface area contributed by atoms with Crippen LogP contribution >= 0.6 is 0 Å². The Kier molecular flexibility index (Phi) is 4.28. The van der Waals surface area contributed by atoms with Crippen LogP contribution in [0.1, 0.15) is 25.5 Å². The maximum Gasteiger partial charge on any atom is 0.213 e. The molecule has 0 saturated heterocycles. The summed E-state index contributed by atoms with van der Waals surface area (Å²) in [5.41, 5.74) is 1.63. The number of halogens is 1. The summed E-state index contributed by atoms with van der Waals surface area (Å²) in [6.45, 7) is 4.44. The fraction of sp³-hybridized carbons (Fsp3) is 0.286. The maximum atomic E-state index is 13.1. The smallest absolute Gasteiger partial charge is 0.213 e. The number of pyridine rings is 2. The summed E-state index contributed by atoms with van der Waals surface area (Å²) in [4.78, 5) is 7.99. The third kappa shape index (κ3) is 3.64. The zero-order chi connectivity index (χ0) is 13.7. The normalized spacial score (nSPS) is 11.9. The fourth-order valence-electron chi connectivity index (χ4n) is 1.70. The second kappa shape index (κ2) is 6.13. The van der Waals surface area contributed by atoms with E-state index in [4.69, 9.17) is 4.74 Å². The van der Waals surface area contributed by atoms with Crippen molar-refractivity contribution >= 4 is 5.69 Å². The van der Waals surface area contributed by atoms with E-state index in [1.54, 1.807) is 18.5 Å². The third-order valence-corrected chi connectivity index (χ3v) is 2.64. The van der Waals surface area contributed by atoms with Crippen molar-refractivity contribution in [3.05, 3.63) is 48.2 Å². The van der Waals surface area contributed by atoms with Crippen LogP contribution in [0.25, 0.3) is 0 Å². The average molecular weight is 261 g/mol. The molecule has 0 aromatic carbocycles. The number of hydrogen-bond donors (Lipinski definition) is 1. The summed E-state index contributed by atoms with van der Waals surface area (Å²) in [6, 6.07) is 5.08. The van der Waals surface area contributed by atoms with E-state index in [0.717, 1.165) is 11.3 Å². The Hall–Kier alpha value is -2.17. The van der Waals surface area contributed by atoms with Crippen molar-refractivity contribution in [1.29, 1.82) is 0 Å². The van der Waals surface area contributed by atoms with Gasteiger partial charge in [0.25, 0.3) is 0 Å². The number of ether oxygens (including phenoxy) is 1. The number of anilines is 1. The number of nitrogens with one attached hydrogen (secondary N) is 1. The fourth-order valence-corrected chi connectivity index (χ4v) is 1.70. The largest absolute Gasteiger partial charge is 0.478 e. The van der Waals surface area contributed by atoms with Gasteiger partial charge in [0.05, 0.1) is 30.7 Å². The first-order valence-corrected chi connectivity index (χ1v) is 6.15. The molecule has 0 spiro atoms. The van der Waals surface area contributed by atoms with E-state index in [2.05, 4.69) is 15.3 Å². The third-order valence-electron chi connectivity index (χ3n) is 2.64. The lowest BCUT2D eigenvalue weighted by molar-refractivity contribution is 0.327. The summed E-state index contributed by atoms with van der Waals surface area (Å²) in [6.07, 6.45) is 4.52. The molecule has 0 aliphatic rings. The lowest BCUT2D eigenvalue weighted by atomic mass is 10.1. The Morgan fingerprint density at radius 2 is 2.16 bits per heavy atom. The van der Waals surface area contributed by atoms with E-state index in [-0.39, 0.29) is 11.9 Å². The molecule has 2 heterocycles. The molecule has 100 valence electrons. The van der Waals surface area contributed by atoms with Crippen LogP contribution in [0.15, 0.2) is 36.8 Å². The minimum atomic E-state index is -0.337. The van der Waals surface area contributed by atoms with Crippen LogP contribution in [-0.4, -0.2) is 16.6 Å². The van der Waals surface area contributed by atoms with Gasteiger partial charge in [-0.2, -0.15) is 0 Å². The Balaban J connectivity index is 2.04. The molecular formula is C14H16FN3O. The molecular weight excluding hydrogens is 245 g/mol. The van der Waals surface area contributed by atoms with E-state index < -0.39 is 0 Å². The molecule has 19 heavy (non-hydrogen) atoms. The van der Waals surface area contributed by atoms with Gasteiger partial charge >= 0.3 is 0 Å². The minimum Gasteiger partial charge on any atom is -0.478 e. The molecule has 2 aromatic rings. The predicted octanol–water partition coefficient (Wildman–Crippen LogP) is 3.19. The van der Waals surface area contributed by atoms with Gasteiger partial charge in [-0.05, 0) is 31.5 Å². The van der Waals surface area contributed by atoms with Gasteiger partial charge in [0.15, 0.2) is 0 Å². The molecule has 2 aromatic heterocycles. The zero-order valence-electron chi connectivity index (χ0n) is 10.9. The summed E-state index contributed by atoms with van der Waals surface area (Å²) < 4.78 is 18.4. The quantitative estimate of drug-likeness (QED) is 0.898. The van der Waals surface area contributed by atoms with Gasteiger partial charge in [0.2, 0.25) is 5.88 Å². The number of rotatable bonds is 5. The minimum absolute atomic E-state index is 0.0528. The summed E-state index contributed by atoms with van der Waals surface area (Å²) in [5, 5.41) is 3.23. The van der Waals surface area contributed by atoms with Crippen LogP contribution < -0.4 is 10.1 Å². The van der Waals surface area contributed by atoms with Crippen LogP contribution in [0.3, 0.4) is 0 Å². The lowest BCUT2D eigenvalue weighted by Gasteiger charge is -2.15. The Morgan fingerprint density at radius 3 is 2.79 bits per heavy atom. The molecule has 0 aliphatic carbocycles. The van der Waals surface area contributed by atoms with Crippen LogP contribution in [0, 0.1) is 5.82 Å². The van der Waals surface area contributed by atoms with Crippen LogP contribution in [0.4, 0.5) is 10.1 Å². The van der Waals surface area contributed by atoms with Crippen molar-refractivity contribution in [2.45, 2.75) is 19.9 Å². The van der Waals surface area contributed by atoms with Crippen molar-refractivity contribution in [2.24, 2.45) is 0 Å². The molecule has 0 radical (unpaired) electrons. The standard InChI is InChI=1S/C14H16FN3O/c1-3-19-14-5-4-13(9-17-14)18-10(2)11-6-12(15)8-16-7-11/h4-10,18H,3H2,1-2H3/t10-/m1/s1. The van der Waals surface area contributed by atoms with Crippen LogP contribution in [0.5, 0.6) is 5.88 Å². The van der Waals surface area contributed by atoms with Crippen LogP contribution in [-0.2, 0) is 0 Å². The van der Waals surface area contributed by atoms with Crippen molar-refractivity contribution in [3.63, 3.8) is 0 Å². The summed E-state index contributed by atoms with van der Waals surface area (Å²) in [7, 11) is 0. The number of nitrogens with zero attached hydrogens (tertiary/aromatic N) is 2. The van der Waals surface area contributed by atoms with Crippen molar-refractivity contribution in [3.8, 4) is 5.88 Å². The molecule has 2 rings (SSSR count). The van der Waals surface area contributed by atoms with Gasteiger partial charge in [-0.1, -0.05) is 0 Å². The van der Waals surface area contributed by atoms with Gasteiger partial charge in [-0.3, -0.25) is 4.98 Å². The SMILES string of the molecule is CCOc1ccc(N[C@H](C)c2cncc(F)c2)cn1. The Bertz CT molecular complexity index is 530. The molecule has 0 fully saturated rings. The van der Waals surface area contributed by atoms with Gasteiger partial charge in [-0.15, -0.1) is 0 Å². The zero-order valence-corrected chi connectivity index (χ0v) is 10.9. The first-order valence-electron chi connectivity index (χ1n) is 6.15. The molecule has 0 unspecified atom stereocenters. The number of aromatic nitrogens is 2. The van der Waals surface area contributed by atoms with Crippen molar-refractivity contribution in [1.82, 2.24) is 9.97 Å². The second-order valence-electron chi connectivity index (χ2n) is 4.12. The van der Waals surface area contributed by atoms with Gasteiger partial charge < -0.3 is 10.1 Å². The first-order chi connectivity index (χ1) is 9.19. The maximum absolute atomic E-state index is 13.1. The van der Waals surface area contributed by atoms with E-state index in [1.165, 1.54) is 12.3 Å². The first kappa shape index (κ1) is 13.3. The highest BCUT2D eigenvalue weighted by Crippen LogP contribution is 2.19. The molecule has 1 atom stereocenters. The highest BCUT2D eigenvalue weighted by Gasteiger charge is 2.07. The number of hydrogen-bond acceptors (Lipinski definition) is 4. The topological polar surface area (TPSA) is 47.0 Å². The molecule has 0 saturated carbocycles. The molecule has 0 bridgehead atoms.